The highest BCUT2D eigenvalue weighted by atomic mass is 16.5. The molecule has 0 aliphatic heterocycles. The van der Waals surface area contributed by atoms with E-state index >= 15 is 0 Å². The first-order valence-corrected chi connectivity index (χ1v) is 5.43. The Balaban J connectivity index is 2.64. The van der Waals surface area contributed by atoms with E-state index in [1.165, 1.54) is 0 Å². The lowest BCUT2D eigenvalue weighted by Crippen LogP contribution is -2.07. The lowest BCUT2D eigenvalue weighted by Gasteiger charge is -2.11. The smallest absolute Gasteiger partial charge is 0.310 e. The van der Waals surface area contributed by atoms with Crippen molar-refractivity contribution >= 4 is 16.7 Å². The number of rotatable bonds is 3. The van der Waals surface area contributed by atoms with Crippen LogP contribution in [0.3, 0.4) is 0 Å². The molecule has 0 heterocycles. The molecule has 2 rings (SSSR count). The van der Waals surface area contributed by atoms with Gasteiger partial charge in [-0.1, -0.05) is 30.3 Å². The second-order valence-corrected chi connectivity index (χ2v) is 4.00. The number of carboxylic acids is 1. The Morgan fingerprint density at radius 3 is 2.65 bits per heavy atom. The first-order valence-electron chi connectivity index (χ1n) is 5.43. The number of ether oxygens (including phenoxy) is 1. The van der Waals surface area contributed by atoms with Crippen LogP contribution in [0, 0.1) is 0 Å². The molecule has 3 nitrogen and oxygen atoms in total. The molecule has 1 unspecified atom stereocenters. The maximum absolute atomic E-state index is 11.0. The topological polar surface area (TPSA) is 46.5 Å². The summed E-state index contributed by atoms with van der Waals surface area (Å²) in [6.07, 6.45) is 0. The quantitative estimate of drug-likeness (QED) is 0.881. The zero-order valence-corrected chi connectivity index (χ0v) is 9.81. The van der Waals surface area contributed by atoms with E-state index in [2.05, 4.69) is 0 Å². The number of hydrogen-bond donors (Lipinski definition) is 1. The average molecular weight is 230 g/mol. The monoisotopic (exact) mass is 230 g/mol. The largest absolute Gasteiger partial charge is 0.496 e. The molecule has 0 fully saturated rings. The van der Waals surface area contributed by atoms with Gasteiger partial charge in [0.05, 0.1) is 13.0 Å². The molecule has 0 aromatic heterocycles. The van der Waals surface area contributed by atoms with Gasteiger partial charge in [-0.3, -0.25) is 4.79 Å². The van der Waals surface area contributed by atoms with E-state index in [-0.39, 0.29) is 0 Å². The molecule has 0 saturated heterocycles. The Kier molecular flexibility index (Phi) is 3.00. The zero-order chi connectivity index (χ0) is 12.4. The minimum Gasteiger partial charge on any atom is -0.496 e. The summed E-state index contributed by atoms with van der Waals surface area (Å²) in [6, 6.07) is 11.5. The predicted molar refractivity (Wildman–Crippen MR) is 66.6 cm³/mol. The number of hydrogen-bond acceptors (Lipinski definition) is 2. The van der Waals surface area contributed by atoms with Crippen LogP contribution in [-0.2, 0) is 4.79 Å². The molecule has 0 amide bonds. The number of carbonyl (C=O) groups is 1. The van der Waals surface area contributed by atoms with Crippen molar-refractivity contribution in [1.82, 2.24) is 0 Å². The van der Waals surface area contributed by atoms with Crippen molar-refractivity contribution in [2.75, 3.05) is 7.11 Å². The number of carboxylic acid groups (broad SMARTS) is 1. The highest BCUT2D eigenvalue weighted by Crippen LogP contribution is 2.30. The van der Waals surface area contributed by atoms with Gasteiger partial charge in [0.2, 0.25) is 0 Å². The molecule has 2 aromatic rings. The highest BCUT2D eigenvalue weighted by Gasteiger charge is 2.15. The summed E-state index contributed by atoms with van der Waals surface area (Å²) in [5.41, 5.74) is 0.757. The Bertz CT molecular complexity index is 560. The highest BCUT2D eigenvalue weighted by molar-refractivity contribution is 5.90. The van der Waals surface area contributed by atoms with Crippen LogP contribution in [0.1, 0.15) is 18.4 Å². The third-order valence-corrected chi connectivity index (χ3v) is 2.94. The summed E-state index contributed by atoms with van der Waals surface area (Å²) in [6.45, 7) is 1.67. The minimum absolute atomic E-state index is 0.534. The fourth-order valence-corrected chi connectivity index (χ4v) is 1.86. The lowest BCUT2D eigenvalue weighted by molar-refractivity contribution is -0.138. The standard InChI is InChI=1S/C14H14O3/c1-9(14(15)16)11-7-10-5-3-4-6-12(10)13(8-11)17-2/h3-9H,1-2H3,(H,15,16). The maximum atomic E-state index is 11.0. The number of methoxy groups -OCH3 is 1. The van der Waals surface area contributed by atoms with Crippen LogP contribution in [0.2, 0.25) is 0 Å². The van der Waals surface area contributed by atoms with Gasteiger partial charge in [0, 0.05) is 5.39 Å². The van der Waals surface area contributed by atoms with Crippen LogP contribution in [0.4, 0.5) is 0 Å². The summed E-state index contributed by atoms with van der Waals surface area (Å²) in [4.78, 5) is 11.0. The fraction of sp³-hybridized carbons (Fsp3) is 0.214. The Morgan fingerprint density at radius 2 is 2.00 bits per heavy atom. The van der Waals surface area contributed by atoms with E-state index in [9.17, 15) is 4.79 Å². The van der Waals surface area contributed by atoms with Gasteiger partial charge >= 0.3 is 5.97 Å². The Labute approximate surface area is 99.6 Å². The van der Waals surface area contributed by atoms with Gasteiger partial charge < -0.3 is 9.84 Å². The summed E-state index contributed by atoms with van der Waals surface area (Å²) in [5.74, 6) is -0.651. The minimum atomic E-state index is -0.831. The van der Waals surface area contributed by atoms with E-state index in [4.69, 9.17) is 9.84 Å². The molecule has 17 heavy (non-hydrogen) atoms. The van der Waals surface area contributed by atoms with Crippen LogP contribution >= 0.6 is 0 Å². The first-order chi connectivity index (χ1) is 8.13. The Hall–Kier alpha value is -2.03. The van der Waals surface area contributed by atoms with E-state index in [1.807, 2.05) is 30.3 Å². The van der Waals surface area contributed by atoms with Crippen molar-refractivity contribution < 1.29 is 14.6 Å². The van der Waals surface area contributed by atoms with Crippen molar-refractivity contribution in [2.24, 2.45) is 0 Å². The molecule has 0 bridgehead atoms. The molecule has 3 heteroatoms. The summed E-state index contributed by atoms with van der Waals surface area (Å²) >= 11 is 0. The number of aliphatic carboxylic acids is 1. The predicted octanol–water partition coefficient (Wildman–Crippen LogP) is 3.04. The summed E-state index contributed by atoms with van der Waals surface area (Å²) in [7, 11) is 1.59. The number of benzene rings is 2. The van der Waals surface area contributed by atoms with Crippen molar-refractivity contribution in [2.45, 2.75) is 12.8 Å². The van der Waals surface area contributed by atoms with E-state index in [1.54, 1.807) is 20.1 Å². The fourth-order valence-electron chi connectivity index (χ4n) is 1.86. The SMILES string of the molecule is COc1cc(C(C)C(=O)O)cc2ccccc12. The molecular formula is C14H14O3. The van der Waals surface area contributed by atoms with Crippen molar-refractivity contribution in [3.8, 4) is 5.75 Å². The van der Waals surface area contributed by atoms with Crippen molar-refractivity contribution in [1.29, 1.82) is 0 Å². The molecule has 2 aromatic carbocycles. The molecule has 0 aliphatic rings. The Morgan fingerprint density at radius 1 is 1.29 bits per heavy atom. The van der Waals surface area contributed by atoms with Gasteiger partial charge in [0.1, 0.15) is 5.75 Å². The molecular weight excluding hydrogens is 216 g/mol. The van der Waals surface area contributed by atoms with Gasteiger partial charge in [0.15, 0.2) is 0 Å². The molecule has 0 radical (unpaired) electrons. The molecule has 1 N–H and O–H groups in total. The average Bonchev–Trinajstić information content (AvgIpc) is 2.36. The van der Waals surface area contributed by atoms with Gasteiger partial charge in [-0.2, -0.15) is 0 Å². The lowest BCUT2D eigenvalue weighted by atomic mass is 9.97. The summed E-state index contributed by atoms with van der Waals surface area (Å²) in [5, 5.41) is 11.0. The molecule has 0 aliphatic carbocycles. The molecule has 1 atom stereocenters. The van der Waals surface area contributed by atoms with Gasteiger partial charge in [-0.15, -0.1) is 0 Å². The van der Waals surface area contributed by atoms with Crippen LogP contribution in [0.15, 0.2) is 36.4 Å². The van der Waals surface area contributed by atoms with E-state index in [0.29, 0.717) is 5.75 Å². The third-order valence-electron chi connectivity index (χ3n) is 2.94. The maximum Gasteiger partial charge on any atom is 0.310 e. The van der Waals surface area contributed by atoms with Crippen LogP contribution in [0.5, 0.6) is 5.75 Å². The number of fused-ring (bicyclic) bond motifs is 1. The van der Waals surface area contributed by atoms with Crippen LogP contribution < -0.4 is 4.74 Å². The second kappa shape index (κ2) is 4.45. The summed E-state index contributed by atoms with van der Waals surface area (Å²) < 4.78 is 5.31. The van der Waals surface area contributed by atoms with E-state index in [0.717, 1.165) is 16.3 Å². The van der Waals surface area contributed by atoms with Crippen LogP contribution in [0.25, 0.3) is 10.8 Å². The van der Waals surface area contributed by atoms with Gasteiger partial charge in [-0.25, -0.2) is 0 Å². The second-order valence-electron chi connectivity index (χ2n) is 4.00. The normalized spacial score (nSPS) is 12.4. The molecule has 0 saturated carbocycles. The van der Waals surface area contributed by atoms with Gasteiger partial charge in [0.25, 0.3) is 0 Å². The van der Waals surface area contributed by atoms with Crippen molar-refractivity contribution in [3.05, 3.63) is 42.0 Å². The third kappa shape index (κ3) is 2.09. The molecule has 88 valence electrons. The zero-order valence-electron chi connectivity index (χ0n) is 9.81. The first kappa shape index (κ1) is 11.5. The van der Waals surface area contributed by atoms with Crippen molar-refractivity contribution in [3.63, 3.8) is 0 Å². The van der Waals surface area contributed by atoms with Gasteiger partial charge in [-0.05, 0) is 23.9 Å². The van der Waals surface area contributed by atoms with E-state index < -0.39 is 11.9 Å². The van der Waals surface area contributed by atoms with Crippen LogP contribution in [-0.4, -0.2) is 18.2 Å². The molecule has 0 spiro atoms.